The Morgan fingerprint density at radius 1 is 1.16 bits per heavy atom. The van der Waals surface area contributed by atoms with E-state index in [1.54, 1.807) is 13.0 Å². The number of hydrogen-bond acceptors (Lipinski definition) is 5. The minimum atomic E-state index is -0.448. The maximum Gasteiger partial charge on any atom is 0.344 e. The van der Waals surface area contributed by atoms with E-state index in [2.05, 4.69) is 50.5 Å². The predicted octanol–water partition coefficient (Wildman–Crippen LogP) is 4.24. The predicted molar refractivity (Wildman–Crippen MR) is 132 cm³/mol. The van der Waals surface area contributed by atoms with Gasteiger partial charge in [-0.1, -0.05) is 29.8 Å². The highest BCUT2D eigenvalue weighted by atomic mass is 127. The van der Waals surface area contributed by atoms with Gasteiger partial charge in [0, 0.05) is 0 Å². The molecule has 7 nitrogen and oxygen atoms in total. The average Bonchev–Trinajstić information content (AvgIpc) is 2.95. The van der Waals surface area contributed by atoms with E-state index < -0.39 is 12.0 Å². The zero-order valence-electron chi connectivity index (χ0n) is 16.9. The number of carbonyl (C=O) groups excluding carboxylic acids is 3. The third-order valence-electron chi connectivity index (χ3n) is 4.36. The Kier molecular flexibility index (Phi) is 7.92. The van der Waals surface area contributed by atoms with E-state index in [1.165, 1.54) is 4.90 Å². The van der Waals surface area contributed by atoms with E-state index in [0.717, 1.165) is 23.8 Å². The summed E-state index contributed by atoms with van der Waals surface area (Å²) in [5, 5.41) is 2.65. The van der Waals surface area contributed by atoms with Gasteiger partial charge >= 0.3 is 12.0 Å². The lowest BCUT2D eigenvalue weighted by atomic mass is 10.1. The summed E-state index contributed by atoms with van der Waals surface area (Å²) in [6, 6.07) is 10.9. The molecule has 1 N–H and O–H groups in total. The second-order valence-electron chi connectivity index (χ2n) is 6.78. The van der Waals surface area contributed by atoms with Crippen molar-refractivity contribution < 1.29 is 23.9 Å². The van der Waals surface area contributed by atoms with Gasteiger partial charge in [-0.2, -0.15) is 0 Å². The van der Waals surface area contributed by atoms with Crippen LogP contribution >= 0.6 is 45.2 Å². The van der Waals surface area contributed by atoms with E-state index in [-0.39, 0.29) is 24.8 Å². The smallest absolute Gasteiger partial charge is 0.344 e. The number of hydrogen-bond donors (Lipinski definition) is 1. The summed E-state index contributed by atoms with van der Waals surface area (Å²) in [5.74, 6) is -0.244. The van der Waals surface area contributed by atoms with Crippen molar-refractivity contribution >= 4 is 69.2 Å². The first kappa shape index (κ1) is 23.5. The molecule has 1 fully saturated rings. The highest BCUT2D eigenvalue weighted by Gasteiger charge is 2.33. The number of ether oxygens (including phenoxy) is 2. The van der Waals surface area contributed by atoms with Crippen LogP contribution in [-0.4, -0.2) is 36.0 Å². The van der Waals surface area contributed by atoms with Crippen LogP contribution in [0.3, 0.4) is 0 Å². The standard InChI is InChI=1S/C22H20I2N2O5/c1-3-30-19(27)12-31-20-16(23)8-15(9-17(20)24)10-18-21(28)26(22(29)25-18)11-14-6-4-5-13(2)7-14/h4-10H,3,11-12H2,1-2H3,(H,25,29)/b18-10+. The van der Waals surface area contributed by atoms with Gasteiger partial charge in [0.25, 0.3) is 5.91 Å². The molecule has 2 aromatic rings. The minimum Gasteiger partial charge on any atom is -0.480 e. The van der Waals surface area contributed by atoms with Gasteiger partial charge in [0.2, 0.25) is 0 Å². The lowest BCUT2D eigenvalue weighted by molar-refractivity contribution is -0.145. The van der Waals surface area contributed by atoms with Crippen molar-refractivity contribution in [2.75, 3.05) is 13.2 Å². The number of carbonyl (C=O) groups is 3. The second kappa shape index (κ2) is 10.4. The molecule has 0 bridgehead atoms. The van der Waals surface area contributed by atoms with Crippen molar-refractivity contribution in [3.63, 3.8) is 0 Å². The fourth-order valence-electron chi connectivity index (χ4n) is 3.01. The summed E-state index contributed by atoms with van der Waals surface area (Å²) in [6.45, 7) is 4.02. The molecule has 9 heteroatoms. The van der Waals surface area contributed by atoms with Crippen LogP contribution in [-0.2, 0) is 20.9 Å². The van der Waals surface area contributed by atoms with Gasteiger partial charge in [0.15, 0.2) is 6.61 Å². The maximum atomic E-state index is 12.8. The minimum absolute atomic E-state index is 0.178. The number of benzene rings is 2. The van der Waals surface area contributed by atoms with Crippen molar-refractivity contribution in [3.8, 4) is 5.75 Å². The zero-order valence-corrected chi connectivity index (χ0v) is 21.2. The summed E-state index contributed by atoms with van der Waals surface area (Å²) >= 11 is 4.21. The van der Waals surface area contributed by atoms with Crippen LogP contribution in [0, 0.1) is 14.1 Å². The Labute approximate surface area is 207 Å². The normalized spacial score (nSPS) is 14.7. The summed E-state index contributed by atoms with van der Waals surface area (Å²) in [7, 11) is 0. The average molecular weight is 646 g/mol. The third-order valence-corrected chi connectivity index (χ3v) is 5.96. The number of esters is 1. The SMILES string of the molecule is CCOC(=O)COc1c(I)cc(/C=C2/NC(=O)N(Cc3cccc(C)c3)C2=O)cc1I. The molecule has 0 spiro atoms. The zero-order chi connectivity index (χ0) is 22.5. The number of aryl methyl sites for hydroxylation is 1. The van der Waals surface area contributed by atoms with Gasteiger partial charge in [0.05, 0.1) is 20.3 Å². The van der Waals surface area contributed by atoms with Gasteiger partial charge in [-0.15, -0.1) is 0 Å². The fourth-order valence-corrected chi connectivity index (χ4v) is 5.14. The number of halogens is 2. The summed E-state index contributed by atoms with van der Waals surface area (Å²) in [6.07, 6.45) is 1.63. The molecule has 0 unspecified atom stereocenters. The Bertz CT molecular complexity index is 1040. The van der Waals surface area contributed by atoms with Crippen LogP contribution < -0.4 is 10.1 Å². The molecule has 31 heavy (non-hydrogen) atoms. The van der Waals surface area contributed by atoms with Crippen LogP contribution in [0.4, 0.5) is 4.79 Å². The Hall–Kier alpha value is -2.15. The van der Waals surface area contributed by atoms with Crippen molar-refractivity contribution in [2.24, 2.45) is 0 Å². The van der Waals surface area contributed by atoms with Crippen molar-refractivity contribution in [1.82, 2.24) is 10.2 Å². The van der Waals surface area contributed by atoms with Gasteiger partial charge in [0.1, 0.15) is 11.4 Å². The molecule has 162 valence electrons. The molecule has 1 saturated heterocycles. The first-order valence-corrected chi connectivity index (χ1v) is 11.6. The molecule has 0 atom stereocenters. The number of amides is 3. The number of imide groups is 1. The molecule has 0 aliphatic carbocycles. The summed E-state index contributed by atoms with van der Waals surface area (Å²) < 4.78 is 12.0. The van der Waals surface area contributed by atoms with Crippen molar-refractivity contribution in [1.29, 1.82) is 0 Å². The molecule has 1 aliphatic heterocycles. The molecule has 3 rings (SSSR count). The quantitative estimate of drug-likeness (QED) is 0.211. The second-order valence-corrected chi connectivity index (χ2v) is 9.10. The first-order valence-electron chi connectivity index (χ1n) is 9.46. The largest absolute Gasteiger partial charge is 0.480 e. The summed E-state index contributed by atoms with van der Waals surface area (Å²) in [5.41, 5.74) is 2.90. The molecule has 2 aromatic carbocycles. The molecule has 3 amide bonds. The number of nitrogens with zero attached hydrogens (tertiary/aromatic N) is 1. The van der Waals surface area contributed by atoms with E-state index >= 15 is 0 Å². The summed E-state index contributed by atoms with van der Waals surface area (Å²) in [4.78, 5) is 37.9. The maximum absolute atomic E-state index is 12.8. The Balaban J connectivity index is 1.76. The Morgan fingerprint density at radius 3 is 2.52 bits per heavy atom. The lowest BCUT2D eigenvalue weighted by Crippen LogP contribution is -2.30. The van der Waals surface area contributed by atoms with Crippen LogP contribution in [0.15, 0.2) is 42.1 Å². The monoisotopic (exact) mass is 646 g/mol. The van der Waals surface area contributed by atoms with E-state index in [1.807, 2.05) is 43.3 Å². The highest BCUT2D eigenvalue weighted by molar-refractivity contribution is 14.1. The van der Waals surface area contributed by atoms with Crippen molar-refractivity contribution in [2.45, 2.75) is 20.4 Å². The topological polar surface area (TPSA) is 84.9 Å². The fraction of sp³-hybridized carbons (Fsp3) is 0.227. The van der Waals surface area contributed by atoms with Gasteiger partial charge in [-0.3, -0.25) is 9.69 Å². The van der Waals surface area contributed by atoms with Gasteiger partial charge < -0.3 is 14.8 Å². The van der Waals surface area contributed by atoms with E-state index in [9.17, 15) is 14.4 Å². The number of nitrogens with one attached hydrogen (secondary N) is 1. The Morgan fingerprint density at radius 2 is 1.87 bits per heavy atom. The number of rotatable bonds is 7. The van der Waals surface area contributed by atoms with Crippen LogP contribution in [0.5, 0.6) is 5.75 Å². The van der Waals surface area contributed by atoms with E-state index in [4.69, 9.17) is 9.47 Å². The molecular weight excluding hydrogens is 626 g/mol. The molecule has 0 saturated carbocycles. The lowest BCUT2D eigenvalue weighted by Gasteiger charge is -2.12. The van der Waals surface area contributed by atoms with Gasteiger partial charge in [-0.05, 0) is 88.4 Å². The van der Waals surface area contributed by atoms with Crippen LogP contribution in [0.25, 0.3) is 6.08 Å². The highest BCUT2D eigenvalue weighted by Crippen LogP contribution is 2.30. The molecule has 1 aliphatic rings. The molecular formula is C22H20I2N2O5. The molecule has 1 heterocycles. The van der Waals surface area contributed by atoms with Crippen LogP contribution in [0.1, 0.15) is 23.6 Å². The van der Waals surface area contributed by atoms with Crippen molar-refractivity contribution in [3.05, 3.63) is 65.9 Å². The van der Waals surface area contributed by atoms with Crippen LogP contribution in [0.2, 0.25) is 0 Å². The molecule has 0 radical (unpaired) electrons. The first-order chi connectivity index (χ1) is 14.8. The third kappa shape index (κ3) is 5.97. The van der Waals surface area contributed by atoms with E-state index in [0.29, 0.717) is 12.4 Å². The molecule has 0 aromatic heterocycles. The van der Waals surface area contributed by atoms with Gasteiger partial charge in [-0.25, -0.2) is 9.59 Å². The number of urea groups is 1.